The molecule has 12 atom stereocenters. The minimum atomic E-state index is -2.31. The van der Waals surface area contributed by atoms with E-state index in [1.54, 1.807) is 69.3 Å². The third-order valence-corrected chi connectivity index (χ3v) is 15.7. The number of benzene rings is 2. The zero-order valence-electron chi connectivity index (χ0n) is 45.6. The summed E-state index contributed by atoms with van der Waals surface area (Å²) in [5.41, 5.74) is -0.340. The number of amides is 4. The Labute approximate surface area is 486 Å². The summed E-state index contributed by atoms with van der Waals surface area (Å²) in [7, 11) is 3.33. The molecule has 0 saturated heterocycles. The molecule has 0 fully saturated rings. The Bertz CT molecular complexity index is 2490. The number of carboxylic acid groups (broad SMARTS) is 2. The summed E-state index contributed by atoms with van der Waals surface area (Å²) >= 11 is 13.5. The fraction of sp³-hybridized carbons (Fsp3) is 0.566. The van der Waals surface area contributed by atoms with Crippen molar-refractivity contribution in [3.63, 3.8) is 0 Å². The molecule has 0 bridgehead atoms. The molecule has 0 spiro atoms. The van der Waals surface area contributed by atoms with Crippen molar-refractivity contribution in [1.82, 2.24) is 21.3 Å². The number of methoxy groups -OCH3 is 1. The van der Waals surface area contributed by atoms with Gasteiger partial charge in [0.25, 0.3) is 0 Å². The first-order valence-corrected chi connectivity index (χ1v) is 28.9. The number of rotatable bonds is 27. The van der Waals surface area contributed by atoms with Gasteiger partial charge in [0.05, 0.1) is 36.0 Å². The molecule has 0 aliphatic carbocycles. The Hall–Kier alpha value is -5.87. The molecule has 3 rings (SSSR count). The van der Waals surface area contributed by atoms with E-state index in [2.05, 4.69) is 21.3 Å². The van der Waals surface area contributed by atoms with Crippen molar-refractivity contribution in [3.8, 4) is 5.75 Å². The molecular weight excluding hydrogens is 1150 g/mol. The molecule has 4 amide bonds. The fourth-order valence-corrected chi connectivity index (χ4v) is 10.4. The van der Waals surface area contributed by atoms with Crippen LogP contribution in [0, 0.1) is 23.2 Å². The van der Waals surface area contributed by atoms with Gasteiger partial charge in [-0.15, -0.1) is 11.6 Å². The maximum Gasteiger partial charge on any atom is 0.508 e. The van der Waals surface area contributed by atoms with Gasteiger partial charge in [-0.2, -0.15) is 0 Å². The number of hydrogen-bond acceptors (Lipinski definition) is 20. The predicted octanol–water partition coefficient (Wildman–Crippen LogP) is 3.11. The van der Waals surface area contributed by atoms with Crippen LogP contribution in [-0.4, -0.2) is 177 Å². The number of hydrogen-bond donors (Lipinski definition) is 10. The third-order valence-electron chi connectivity index (χ3n) is 12.5. The number of alkyl halides is 1. The Morgan fingerprint density at radius 3 is 2.20 bits per heavy atom. The van der Waals surface area contributed by atoms with Crippen molar-refractivity contribution in [3.05, 3.63) is 76.8 Å². The normalized spacial score (nSPS) is 20.8. The van der Waals surface area contributed by atoms with Crippen LogP contribution in [0.2, 0.25) is 5.02 Å². The van der Waals surface area contributed by atoms with Gasteiger partial charge in [-0.25, -0.2) is 14.4 Å². The monoisotopic (exact) mass is 1220 g/mol. The van der Waals surface area contributed by atoms with E-state index in [4.69, 9.17) is 52.0 Å². The first-order chi connectivity index (χ1) is 38.1. The Balaban J connectivity index is 1.85. The fourth-order valence-electron chi connectivity index (χ4n) is 7.69. The molecule has 1 heterocycles. The molecule has 2 aromatic rings. The lowest BCUT2D eigenvalue weighted by Crippen LogP contribution is -2.61. The van der Waals surface area contributed by atoms with Crippen molar-refractivity contribution in [2.75, 3.05) is 38.4 Å². The zero-order valence-corrected chi connectivity index (χ0v) is 48.8. The van der Waals surface area contributed by atoms with Gasteiger partial charge in [0.2, 0.25) is 23.6 Å². The lowest BCUT2D eigenvalue weighted by atomic mass is 9.90. The number of cyclic esters (lactones) is 2. The lowest BCUT2D eigenvalue weighted by Gasteiger charge is -2.34. The van der Waals surface area contributed by atoms with Gasteiger partial charge in [0, 0.05) is 42.7 Å². The molecule has 24 nitrogen and oxygen atoms in total. The number of carbonyl (C=O) groups excluding carboxylic acids is 7. The van der Waals surface area contributed by atoms with Crippen LogP contribution in [0.1, 0.15) is 77.3 Å². The zero-order chi connectivity index (χ0) is 60.7. The van der Waals surface area contributed by atoms with Crippen LogP contribution in [0.3, 0.4) is 0 Å². The van der Waals surface area contributed by atoms with E-state index in [0.717, 1.165) is 27.7 Å². The van der Waals surface area contributed by atoms with E-state index < -0.39 is 144 Å². The van der Waals surface area contributed by atoms with Gasteiger partial charge >= 0.3 is 30.0 Å². The molecule has 450 valence electrons. The maximum absolute atomic E-state index is 14.2. The second-order valence-corrected chi connectivity index (χ2v) is 23.6. The van der Waals surface area contributed by atoms with Crippen LogP contribution in [-0.2, 0) is 63.7 Å². The van der Waals surface area contributed by atoms with Gasteiger partial charge in [0.15, 0.2) is 6.10 Å². The van der Waals surface area contributed by atoms with Crippen LogP contribution in [0.5, 0.6) is 5.75 Å². The highest BCUT2D eigenvalue weighted by Gasteiger charge is 2.42. The van der Waals surface area contributed by atoms with Crippen molar-refractivity contribution in [2.24, 2.45) is 23.2 Å². The quantitative estimate of drug-likeness (QED) is 0.0202. The summed E-state index contributed by atoms with van der Waals surface area (Å²) in [4.78, 5) is 118. The molecule has 0 aromatic heterocycles. The second kappa shape index (κ2) is 33.9. The van der Waals surface area contributed by atoms with Crippen LogP contribution >= 0.6 is 44.8 Å². The first kappa shape index (κ1) is 69.4. The van der Waals surface area contributed by atoms with Gasteiger partial charge in [0.1, 0.15) is 61.0 Å². The number of aliphatic hydroxyl groups excluding tert-OH is 4. The summed E-state index contributed by atoms with van der Waals surface area (Å²) in [6.07, 6.45) is -10.1. The maximum atomic E-state index is 14.2. The van der Waals surface area contributed by atoms with Gasteiger partial charge in [-0.1, -0.05) is 103 Å². The van der Waals surface area contributed by atoms with Crippen LogP contribution in [0.15, 0.2) is 60.7 Å². The molecular formula is C53H72Cl2N4O20S2. The van der Waals surface area contributed by atoms with Gasteiger partial charge in [-0.05, 0) is 55.5 Å². The minimum Gasteiger partial charge on any atom is -0.495 e. The number of carbonyl (C=O) groups is 9. The average molecular weight is 1220 g/mol. The van der Waals surface area contributed by atoms with Crippen molar-refractivity contribution < 1.29 is 97.5 Å². The Morgan fingerprint density at radius 2 is 1.59 bits per heavy atom. The third kappa shape index (κ3) is 22.8. The number of aliphatic carboxylic acids is 2. The molecule has 10 N–H and O–H groups in total. The highest BCUT2D eigenvalue weighted by molar-refractivity contribution is 8.76. The van der Waals surface area contributed by atoms with E-state index in [1.807, 2.05) is 0 Å². The summed E-state index contributed by atoms with van der Waals surface area (Å²) < 4.78 is 28.4. The Kier molecular flexibility index (Phi) is 29.1. The van der Waals surface area contributed by atoms with E-state index >= 15 is 0 Å². The molecule has 1 unspecified atom stereocenters. The first-order valence-electron chi connectivity index (χ1n) is 25.6. The van der Waals surface area contributed by atoms with Crippen molar-refractivity contribution >= 4 is 98.5 Å². The highest BCUT2D eigenvalue weighted by atomic mass is 35.5. The van der Waals surface area contributed by atoms with E-state index in [-0.39, 0.29) is 54.9 Å². The number of carboxylic acids is 2. The van der Waals surface area contributed by atoms with Crippen LogP contribution in [0.25, 0.3) is 0 Å². The molecule has 28 heteroatoms. The standard InChI is InChI=1S/C53H72Cl2N4O20S2/c1-27(2)20-38-50(72)77-36(14-11-15-39(62)57-33(23-30-16-17-37(75-7)32(54)22-30)47(68)56-26-53(5,6)51(73)78-38)29(4)45(41(55)31-12-9-8-10-13-31)79-52(74)76-18-19-80-81-25-34(49(70)71)58-48(69)42(44(66)43(65)35(61)24-60)59-46(67)28(3)21-40(63)64/h8-13,15-17,22,27-29,33-36,38,41-45,60-61,65-66H,14,18-21,23-26H2,1-7H3,(H,56,68)(H,57,62)(H,58,69)(H,59,67)(H,63,64)(H,70,71)/b15-11+/t28-,29-,33+,34?,35+,36-,38-,41-,42-,43+,44+,45+/m0/s1. The number of ether oxygens (including phenoxy) is 5. The van der Waals surface area contributed by atoms with E-state index in [1.165, 1.54) is 34.0 Å². The molecule has 0 saturated carbocycles. The number of esters is 2. The summed E-state index contributed by atoms with van der Waals surface area (Å²) in [6.45, 7) is 7.74. The van der Waals surface area contributed by atoms with Crippen molar-refractivity contribution in [2.45, 2.75) is 127 Å². The van der Waals surface area contributed by atoms with Crippen LogP contribution in [0.4, 0.5) is 4.79 Å². The minimum absolute atomic E-state index is 0.00356. The summed E-state index contributed by atoms with van der Waals surface area (Å²) in [5, 5.41) is 67.9. The highest BCUT2D eigenvalue weighted by Crippen LogP contribution is 2.35. The number of aliphatic hydroxyl groups is 4. The topological polar surface area (TPSA) is 369 Å². The summed E-state index contributed by atoms with van der Waals surface area (Å²) in [6, 6.07) is 8.31. The second-order valence-electron chi connectivity index (χ2n) is 20.0. The largest absolute Gasteiger partial charge is 0.508 e. The molecule has 1 aliphatic heterocycles. The van der Waals surface area contributed by atoms with E-state index in [0.29, 0.717) is 16.9 Å². The lowest BCUT2D eigenvalue weighted by molar-refractivity contribution is -0.180. The SMILES string of the molecule is COc1ccc(C[C@H]2NC(=O)/C=C/C[C@@H]([C@H](C)[C@@H](OC(=O)OCCSSCC(NC(=O)[C@@H](NC(=O)[C@@H](C)CC(=O)O)[C@@H](O)[C@H](O)[C@H](O)CO)C(=O)O)[C@@H](Cl)c3ccccc3)OC(=O)[C@H](CC(C)C)OC(=O)C(C)(C)CNC2=O)cc1Cl. The number of halogens is 2. The molecule has 81 heavy (non-hydrogen) atoms. The number of nitrogens with one attached hydrogen (secondary N) is 4. The average Bonchev–Trinajstić information content (AvgIpc) is 3.42. The molecule has 1 aliphatic rings. The van der Waals surface area contributed by atoms with Gasteiger partial charge in [-0.3, -0.25) is 28.8 Å². The molecule has 2 aromatic carbocycles. The smallest absolute Gasteiger partial charge is 0.495 e. The van der Waals surface area contributed by atoms with Gasteiger partial charge < -0.3 is 75.6 Å². The van der Waals surface area contributed by atoms with Crippen LogP contribution < -0.4 is 26.0 Å². The predicted molar refractivity (Wildman–Crippen MR) is 297 cm³/mol. The summed E-state index contributed by atoms with van der Waals surface area (Å²) in [5.74, 6) is -10.9. The Morgan fingerprint density at radius 1 is 0.914 bits per heavy atom. The molecule has 0 radical (unpaired) electrons. The van der Waals surface area contributed by atoms with E-state index in [9.17, 15) is 68.7 Å². The van der Waals surface area contributed by atoms with Crippen molar-refractivity contribution in [1.29, 1.82) is 0 Å².